The van der Waals surface area contributed by atoms with E-state index in [2.05, 4.69) is 22.1 Å². The van der Waals surface area contributed by atoms with Crippen molar-refractivity contribution in [3.63, 3.8) is 0 Å². The average Bonchev–Trinajstić information content (AvgIpc) is 2.87. The van der Waals surface area contributed by atoms with E-state index in [1.807, 2.05) is 12.1 Å². The number of aromatic nitrogens is 2. The van der Waals surface area contributed by atoms with Crippen molar-refractivity contribution >= 4 is 10.9 Å². The molecule has 1 aromatic carbocycles. The van der Waals surface area contributed by atoms with Gasteiger partial charge in [0.1, 0.15) is 6.04 Å². The Bertz CT molecular complexity index is 589. The van der Waals surface area contributed by atoms with Crippen molar-refractivity contribution in [3.05, 3.63) is 30.0 Å². The van der Waals surface area contributed by atoms with Gasteiger partial charge in [0.2, 0.25) is 0 Å². The first kappa shape index (κ1) is 11.4. The fraction of sp³-hybridized carbons (Fsp3) is 0.500. The molecule has 1 aromatic heterocycles. The molecule has 0 amide bonds. The van der Waals surface area contributed by atoms with Crippen LogP contribution in [0.1, 0.15) is 11.7 Å². The van der Waals surface area contributed by atoms with Crippen LogP contribution in [0.2, 0.25) is 0 Å². The minimum absolute atomic E-state index is 0.141. The van der Waals surface area contributed by atoms with Crippen molar-refractivity contribution in [3.8, 4) is 0 Å². The number of morpholine rings is 1. The normalized spacial score (nSPS) is 27.4. The van der Waals surface area contributed by atoms with Gasteiger partial charge in [-0.15, -0.1) is 0 Å². The Morgan fingerprint density at radius 2 is 2.26 bits per heavy atom. The lowest BCUT2D eigenvalue weighted by Gasteiger charge is -2.34. The largest absolute Gasteiger partial charge is 0.373 e. The SMILES string of the molecule is c1ccc2c3n(nc2c1)C([C@H]1CNCCO1)COC3. The summed E-state index contributed by atoms with van der Waals surface area (Å²) >= 11 is 0. The number of fused-ring (bicyclic) bond motifs is 3. The minimum atomic E-state index is 0.141. The molecule has 1 fully saturated rings. The number of ether oxygens (including phenoxy) is 2. The van der Waals surface area contributed by atoms with E-state index < -0.39 is 0 Å². The molecule has 1 saturated heterocycles. The number of nitrogens with zero attached hydrogens (tertiary/aromatic N) is 2. The summed E-state index contributed by atoms with van der Waals surface area (Å²) in [6.45, 7) is 3.86. The zero-order valence-corrected chi connectivity index (χ0v) is 10.7. The molecular weight excluding hydrogens is 242 g/mol. The summed E-state index contributed by atoms with van der Waals surface area (Å²) in [5.74, 6) is 0. The van der Waals surface area contributed by atoms with Gasteiger partial charge in [0.15, 0.2) is 0 Å². The highest BCUT2D eigenvalue weighted by molar-refractivity contribution is 5.81. The average molecular weight is 259 g/mol. The third-order valence-corrected chi connectivity index (χ3v) is 3.93. The summed E-state index contributed by atoms with van der Waals surface area (Å²) in [6, 6.07) is 8.41. The van der Waals surface area contributed by atoms with Crippen LogP contribution in [0, 0.1) is 0 Å². The first-order valence-corrected chi connectivity index (χ1v) is 6.79. The van der Waals surface area contributed by atoms with Gasteiger partial charge >= 0.3 is 0 Å². The zero-order valence-electron chi connectivity index (χ0n) is 10.7. The number of nitrogens with one attached hydrogen (secondary N) is 1. The lowest BCUT2D eigenvalue weighted by atomic mass is 10.1. The van der Waals surface area contributed by atoms with Crippen LogP contribution in [-0.4, -0.2) is 42.2 Å². The van der Waals surface area contributed by atoms with Crippen LogP contribution >= 0.6 is 0 Å². The van der Waals surface area contributed by atoms with Crippen molar-refractivity contribution in [2.24, 2.45) is 0 Å². The van der Waals surface area contributed by atoms with Crippen molar-refractivity contribution in [1.82, 2.24) is 15.1 Å². The van der Waals surface area contributed by atoms with E-state index in [1.165, 1.54) is 11.1 Å². The predicted molar refractivity (Wildman–Crippen MR) is 71.0 cm³/mol. The van der Waals surface area contributed by atoms with Crippen LogP contribution < -0.4 is 5.32 Å². The third-order valence-electron chi connectivity index (χ3n) is 3.93. The van der Waals surface area contributed by atoms with E-state index in [4.69, 9.17) is 14.6 Å². The molecule has 1 unspecified atom stereocenters. The third kappa shape index (κ3) is 1.85. The summed E-state index contributed by atoms with van der Waals surface area (Å²) in [5.41, 5.74) is 2.21. The molecule has 4 rings (SSSR count). The second kappa shape index (κ2) is 4.59. The first-order valence-electron chi connectivity index (χ1n) is 6.79. The van der Waals surface area contributed by atoms with Crippen LogP contribution in [0.4, 0.5) is 0 Å². The standard InChI is InChI=1S/C14H17N3O2/c1-2-4-11-10(3-1)12-8-18-9-13(17(12)16-11)14-7-15-5-6-19-14/h1-4,13-15H,5-9H2/t13?,14-/m1/s1. The topological polar surface area (TPSA) is 48.3 Å². The highest BCUT2D eigenvalue weighted by atomic mass is 16.5. The zero-order chi connectivity index (χ0) is 12.7. The van der Waals surface area contributed by atoms with Crippen LogP contribution in [0.15, 0.2) is 24.3 Å². The lowest BCUT2D eigenvalue weighted by molar-refractivity contribution is -0.0538. The van der Waals surface area contributed by atoms with Crippen LogP contribution in [0.5, 0.6) is 0 Å². The molecule has 2 aliphatic rings. The molecular formula is C14H17N3O2. The van der Waals surface area contributed by atoms with Crippen LogP contribution in [0.25, 0.3) is 10.9 Å². The predicted octanol–water partition coefficient (Wildman–Crippen LogP) is 1.10. The molecule has 0 saturated carbocycles. The highest BCUT2D eigenvalue weighted by Gasteiger charge is 2.32. The van der Waals surface area contributed by atoms with Crippen LogP contribution in [0.3, 0.4) is 0 Å². The Balaban J connectivity index is 1.77. The maximum Gasteiger partial charge on any atom is 0.103 e. The van der Waals surface area contributed by atoms with E-state index >= 15 is 0 Å². The summed E-state index contributed by atoms with van der Waals surface area (Å²) < 4.78 is 13.7. The Hall–Kier alpha value is -1.43. The van der Waals surface area contributed by atoms with Gasteiger partial charge in [-0.25, -0.2) is 0 Å². The van der Waals surface area contributed by atoms with Crippen LogP contribution in [-0.2, 0) is 16.1 Å². The lowest BCUT2D eigenvalue weighted by Crippen LogP contribution is -2.46. The maximum atomic E-state index is 5.87. The number of rotatable bonds is 1. The molecule has 2 aliphatic heterocycles. The molecule has 5 nitrogen and oxygen atoms in total. The maximum absolute atomic E-state index is 5.87. The molecule has 2 atom stereocenters. The van der Waals surface area contributed by atoms with E-state index in [-0.39, 0.29) is 12.1 Å². The molecule has 19 heavy (non-hydrogen) atoms. The number of hydrogen-bond donors (Lipinski definition) is 1. The van der Waals surface area contributed by atoms with Gasteiger partial charge < -0.3 is 14.8 Å². The van der Waals surface area contributed by atoms with Crippen molar-refractivity contribution in [1.29, 1.82) is 0 Å². The second-order valence-corrected chi connectivity index (χ2v) is 5.10. The van der Waals surface area contributed by atoms with Crippen molar-refractivity contribution < 1.29 is 9.47 Å². The molecule has 0 bridgehead atoms. The quantitative estimate of drug-likeness (QED) is 0.833. The van der Waals surface area contributed by atoms with Crippen molar-refractivity contribution in [2.45, 2.75) is 18.8 Å². The second-order valence-electron chi connectivity index (χ2n) is 5.10. The van der Waals surface area contributed by atoms with E-state index in [0.717, 1.165) is 25.2 Å². The van der Waals surface area contributed by atoms with Crippen molar-refractivity contribution in [2.75, 3.05) is 26.3 Å². The van der Waals surface area contributed by atoms with Gasteiger partial charge in [0, 0.05) is 18.5 Å². The molecule has 0 spiro atoms. The Labute approximate surface area is 111 Å². The van der Waals surface area contributed by atoms with Gasteiger partial charge in [-0.3, -0.25) is 4.68 Å². The van der Waals surface area contributed by atoms with E-state index in [1.54, 1.807) is 0 Å². The highest BCUT2D eigenvalue weighted by Crippen LogP contribution is 2.29. The smallest absolute Gasteiger partial charge is 0.103 e. The monoisotopic (exact) mass is 259 g/mol. The first-order chi connectivity index (χ1) is 9.43. The van der Waals surface area contributed by atoms with E-state index in [0.29, 0.717) is 13.2 Å². The van der Waals surface area contributed by atoms with Gasteiger partial charge in [-0.05, 0) is 6.07 Å². The van der Waals surface area contributed by atoms with Gasteiger partial charge in [-0.1, -0.05) is 18.2 Å². The number of benzene rings is 1. The molecule has 5 heteroatoms. The summed E-state index contributed by atoms with van der Waals surface area (Å²) in [5, 5.41) is 9.30. The summed E-state index contributed by atoms with van der Waals surface area (Å²) in [7, 11) is 0. The van der Waals surface area contributed by atoms with E-state index in [9.17, 15) is 0 Å². The van der Waals surface area contributed by atoms with Gasteiger partial charge in [0.25, 0.3) is 0 Å². The molecule has 0 aliphatic carbocycles. The number of hydrogen-bond acceptors (Lipinski definition) is 4. The summed E-state index contributed by atoms with van der Waals surface area (Å²) in [6.07, 6.45) is 0.141. The fourth-order valence-corrected chi connectivity index (χ4v) is 2.97. The Morgan fingerprint density at radius 3 is 3.16 bits per heavy atom. The van der Waals surface area contributed by atoms with Gasteiger partial charge in [-0.2, -0.15) is 5.10 Å². The van der Waals surface area contributed by atoms with Gasteiger partial charge in [0.05, 0.1) is 37.1 Å². The molecule has 0 radical (unpaired) electrons. The Morgan fingerprint density at radius 1 is 1.32 bits per heavy atom. The fourth-order valence-electron chi connectivity index (χ4n) is 2.97. The molecule has 3 heterocycles. The molecule has 100 valence electrons. The molecule has 2 aromatic rings. The molecule has 1 N–H and O–H groups in total. The minimum Gasteiger partial charge on any atom is -0.373 e. The Kier molecular flexibility index (Phi) is 2.76. The summed E-state index contributed by atoms with van der Waals surface area (Å²) in [4.78, 5) is 0.